The number of benzene rings is 1. The van der Waals surface area contributed by atoms with Crippen molar-refractivity contribution in [3.05, 3.63) is 29.8 Å². The highest BCUT2D eigenvalue weighted by atomic mass is 16.5. The summed E-state index contributed by atoms with van der Waals surface area (Å²) < 4.78 is 5.59. The van der Waals surface area contributed by atoms with Crippen LogP contribution in [0.3, 0.4) is 0 Å². The van der Waals surface area contributed by atoms with E-state index in [0.717, 1.165) is 0 Å². The van der Waals surface area contributed by atoms with Gasteiger partial charge in [0.25, 0.3) is 0 Å². The molecule has 1 aromatic carbocycles. The molecule has 0 aliphatic carbocycles. The summed E-state index contributed by atoms with van der Waals surface area (Å²) in [5.74, 6) is 0.620. The van der Waals surface area contributed by atoms with Crippen LogP contribution >= 0.6 is 0 Å². The van der Waals surface area contributed by atoms with E-state index in [0.29, 0.717) is 29.9 Å². The van der Waals surface area contributed by atoms with E-state index in [4.69, 9.17) is 4.74 Å². The predicted octanol–water partition coefficient (Wildman–Crippen LogP) is 2.75. The Hall–Kier alpha value is -1.39. The lowest BCUT2D eigenvalue weighted by Gasteiger charge is -2.32. The van der Waals surface area contributed by atoms with E-state index in [2.05, 4.69) is 32.6 Å². The van der Waals surface area contributed by atoms with Crippen LogP contribution in [0, 0.1) is 0 Å². The van der Waals surface area contributed by atoms with Crippen LogP contribution in [0.4, 0.5) is 0 Å². The molecule has 1 N–H and O–H groups in total. The van der Waals surface area contributed by atoms with Crippen LogP contribution in [0.1, 0.15) is 45.0 Å². The summed E-state index contributed by atoms with van der Waals surface area (Å²) in [4.78, 5) is 13.5. The average Bonchev–Trinajstić information content (AvgIpc) is 2.42. The molecule has 118 valence electrons. The maximum absolute atomic E-state index is 11.3. The lowest BCUT2D eigenvalue weighted by molar-refractivity contribution is 0.0445. The summed E-state index contributed by atoms with van der Waals surface area (Å²) in [6.07, 6.45) is -0.559. The van der Waals surface area contributed by atoms with Gasteiger partial charge in [0, 0.05) is 24.2 Å². The SMILES string of the molecule is CC(=O)c1cccc(OCC(O)CN(C(C)C)C(C)C)c1. The summed E-state index contributed by atoms with van der Waals surface area (Å²) >= 11 is 0. The van der Waals surface area contributed by atoms with Crippen molar-refractivity contribution < 1.29 is 14.6 Å². The van der Waals surface area contributed by atoms with E-state index in [9.17, 15) is 9.90 Å². The van der Waals surface area contributed by atoms with Gasteiger partial charge in [-0.1, -0.05) is 12.1 Å². The van der Waals surface area contributed by atoms with Gasteiger partial charge in [-0.2, -0.15) is 0 Å². The Morgan fingerprint density at radius 1 is 1.24 bits per heavy atom. The second-order valence-corrected chi connectivity index (χ2v) is 5.93. The van der Waals surface area contributed by atoms with E-state index in [1.807, 2.05) is 0 Å². The normalized spacial score (nSPS) is 13.0. The minimum atomic E-state index is -0.559. The van der Waals surface area contributed by atoms with E-state index < -0.39 is 6.10 Å². The highest BCUT2D eigenvalue weighted by Crippen LogP contribution is 2.14. The predicted molar refractivity (Wildman–Crippen MR) is 84.9 cm³/mol. The van der Waals surface area contributed by atoms with Crippen LogP contribution < -0.4 is 4.74 Å². The van der Waals surface area contributed by atoms with Crippen molar-refractivity contribution in [1.29, 1.82) is 0 Å². The van der Waals surface area contributed by atoms with Crippen molar-refractivity contribution in [2.24, 2.45) is 0 Å². The van der Waals surface area contributed by atoms with Gasteiger partial charge < -0.3 is 9.84 Å². The van der Waals surface area contributed by atoms with Gasteiger partial charge in [0.1, 0.15) is 18.5 Å². The molecule has 4 nitrogen and oxygen atoms in total. The summed E-state index contributed by atoms with van der Waals surface area (Å²) in [6, 6.07) is 7.79. The summed E-state index contributed by atoms with van der Waals surface area (Å²) in [5.41, 5.74) is 0.618. The Morgan fingerprint density at radius 2 is 1.86 bits per heavy atom. The number of aliphatic hydroxyl groups is 1. The minimum absolute atomic E-state index is 0.00629. The van der Waals surface area contributed by atoms with Crippen LogP contribution in [0.25, 0.3) is 0 Å². The zero-order valence-electron chi connectivity index (χ0n) is 13.7. The van der Waals surface area contributed by atoms with Gasteiger partial charge in [0.05, 0.1) is 0 Å². The first kappa shape index (κ1) is 17.7. The molecule has 0 fully saturated rings. The number of hydrogen-bond donors (Lipinski definition) is 1. The smallest absolute Gasteiger partial charge is 0.159 e. The molecule has 0 aromatic heterocycles. The van der Waals surface area contributed by atoms with E-state index >= 15 is 0 Å². The molecule has 0 amide bonds. The Morgan fingerprint density at radius 3 is 2.38 bits per heavy atom. The first-order chi connectivity index (χ1) is 9.81. The number of Topliss-reactive ketones (excluding diaryl/α,β-unsaturated/α-hetero) is 1. The van der Waals surface area contributed by atoms with Gasteiger partial charge in [0.2, 0.25) is 0 Å². The number of ketones is 1. The fourth-order valence-electron chi connectivity index (χ4n) is 2.31. The summed E-state index contributed by atoms with van der Waals surface area (Å²) in [6.45, 7) is 10.8. The summed E-state index contributed by atoms with van der Waals surface area (Å²) in [5, 5.41) is 10.1. The van der Waals surface area contributed by atoms with Crippen molar-refractivity contribution in [3.8, 4) is 5.75 Å². The number of carbonyl (C=O) groups is 1. The molecule has 0 spiro atoms. The van der Waals surface area contributed by atoms with Crippen molar-refractivity contribution in [2.45, 2.75) is 52.8 Å². The van der Waals surface area contributed by atoms with Crippen LogP contribution in [0.5, 0.6) is 5.75 Å². The molecule has 0 aliphatic heterocycles. The van der Waals surface area contributed by atoms with Crippen molar-refractivity contribution in [1.82, 2.24) is 4.90 Å². The molecule has 0 radical (unpaired) electrons. The zero-order chi connectivity index (χ0) is 16.0. The molecule has 0 saturated heterocycles. The van der Waals surface area contributed by atoms with Crippen molar-refractivity contribution in [3.63, 3.8) is 0 Å². The number of nitrogens with zero attached hydrogens (tertiary/aromatic N) is 1. The number of rotatable bonds is 8. The number of carbonyl (C=O) groups excluding carboxylic acids is 1. The van der Waals surface area contributed by atoms with Gasteiger partial charge in [0.15, 0.2) is 5.78 Å². The monoisotopic (exact) mass is 293 g/mol. The van der Waals surface area contributed by atoms with Crippen LogP contribution in [0.15, 0.2) is 24.3 Å². The molecule has 1 unspecified atom stereocenters. The van der Waals surface area contributed by atoms with Gasteiger partial charge in [-0.15, -0.1) is 0 Å². The average molecular weight is 293 g/mol. The lowest BCUT2D eigenvalue weighted by atomic mass is 10.1. The molecule has 21 heavy (non-hydrogen) atoms. The summed E-state index contributed by atoms with van der Waals surface area (Å²) in [7, 11) is 0. The number of aliphatic hydroxyl groups excluding tert-OH is 1. The molecule has 1 aromatic rings. The first-order valence-electron chi connectivity index (χ1n) is 7.49. The molecule has 4 heteroatoms. The Balaban J connectivity index is 2.54. The minimum Gasteiger partial charge on any atom is -0.491 e. The lowest BCUT2D eigenvalue weighted by Crippen LogP contribution is -2.43. The zero-order valence-corrected chi connectivity index (χ0v) is 13.7. The third-order valence-electron chi connectivity index (χ3n) is 3.43. The molecule has 0 saturated carbocycles. The quantitative estimate of drug-likeness (QED) is 0.749. The van der Waals surface area contributed by atoms with E-state index in [1.165, 1.54) is 6.92 Å². The molecule has 0 aliphatic rings. The van der Waals surface area contributed by atoms with E-state index in [-0.39, 0.29) is 12.4 Å². The second-order valence-electron chi connectivity index (χ2n) is 5.93. The topological polar surface area (TPSA) is 49.8 Å². The highest BCUT2D eigenvalue weighted by molar-refractivity contribution is 5.94. The number of ether oxygens (including phenoxy) is 1. The van der Waals surface area contributed by atoms with E-state index in [1.54, 1.807) is 24.3 Å². The fraction of sp³-hybridized carbons (Fsp3) is 0.588. The van der Waals surface area contributed by atoms with Gasteiger partial charge in [-0.05, 0) is 46.8 Å². The van der Waals surface area contributed by atoms with Crippen LogP contribution in [-0.2, 0) is 0 Å². The Kier molecular flexibility index (Phi) is 6.85. The maximum Gasteiger partial charge on any atom is 0.159 e. The Labute approximate surface area is 127 Å². The van der Waals surface area contributed by atoms with Gasteiger partial charge in [-0.3, -0.25) is 9.69 Å². The molecule has 0 heterocycles. The second kappa shape index (κ2) is 8.15. The van der Waals surface area contributed by atoms with Gasteiger partial charge >= 0.3 is 0 Å². The molecule has 1 atom stereocenters. The largest absolute Gasteiger partial charge is 0.491 e. The Bertz CT molecular complexity index is 449. The molecular formula is C17H27NO3. The third-order valence-corrected chi connectivity index (χ3v) is 3.43. The standard InChI is InChI=1S/C17H27NO3/c1-12(2)18(13(3)4)10-16(20)11-21-17-8-6-7-15(9-17)14(5)19/h6-9,12-13,16,20H,10-11H2,1-5H3. The highest BCUT2D eigenvalue weighted by Gasteiger charge is 2.18. The number of hydrogen-bond acceptors (Lipinski definition) is 4. The molecule has 1 rings (SSSR count). The van der Waals surface area contributed by atoms with Crippen molar-refractivity contribution >= 4 is 5.78 Å². The molecule has 0 bridgehead atoms. The van der Waals surface area contributed by atoms with Gasteiger partial charge in [-0.25, -0.2) is 0 Å². The van der Waals surface area contributed by atoms with Crippen molar-refractivity contribution in [2.75, 3.05) is 13.2 Å². The van der Waals surface area contributed by atoms with Crippen LogP contribution in [0.2, 0.25) is 0 Å². The third kappa shape index (κ3) is 5.86. The maximum atomic E-state index is 11.3. The fourth-order valence-corrected chi connectivity index (χ4v) is 2.31. The van der Waals surface area contributed by atoms with Crippen LogP contribution in [-0.4, -0.2) is 47.1 Å². The molecular weight excluding hydrogens is 266 g/mol. The first-order valence-corrected chi connectivity index (χ1v) is 7.49.